The average Bonchev–Trinajstić information content (AvgIpc) is 3.69. The second-order valence-corrected chi connectivity index (χ2v) is 22.8. The molecule has 0 amide bonds. The molecule has 246 valence electrons. The number of rotatable bonds is 5. The Labute approximate surface area is 297 Å². The van der Waals surface area contributed by atoms with Crippen LogP contribution < -0.4 is 7.06 Å². The molecule has 8 heteroatoms. The maximum absolute atomic E-state index is 7.05. The van der Waals surface area contributed by atoms with Gasteiger partial charge in [-0.05, 0) is 0 Å². The van der Waals surface area contributed by atoms with Crippen molar-refractivity contribution in [3.8, 4) is 22.6 Å². The van der Waals surface area contributed by atoms with E-state index in [9.17, 15) is 0 Å². The van der Waals surface area contributed by atoms with Gasteiger partial charge in [0.05, 0.1) is 0 Å². The van der Waals surface area contributed by atoms with Gasteiger partial charge in [0.15, 0.2) is 0 Å². The van der Waals surface area contributed by atoms with Crippen molar-refractivity contribution < 1.29 is 14.1 Å². The summed E-state index contributed by atoms with van der Waals surface area (Å²) in [6.07, 6.45) is 13.7. The zero-order valence-corrected chi connectivity index (χ0v) is 33.1. The predicted molar refractivity (Wildman–Crippen MR) is 193 cm³/mol. The fraction of sp³-hybridized carbons (Fsp3) is 0.500. The van der Waals surface area contributed by atoms with Gasteiger partial charge >= 0.3 is 299 Å². The molecule has 0 aromatic heterocycles. The summed E-state index contributed by atoms with van der Waals surface area (Å²) in [5, 5.41) is 4.81. The van der Waals surface area contributed by atoms with Gasteiger partial charge in [0.1, 0.15) is 0 Å². The van der Waals surface area contributed by atoms with Gasteiger partial charge in [0, 0.05) is 0 Å². The van der Waals surface area contributed by atoms with E-state index in [1.165, 1.54) is 96.9 Å². The number of piperidine rings is 2. The zero-order valence-electron chi connectivity index (χ0n) is 28.3. The number of benzene rings is 4. The molecular formula is C40H46Ga2N2O4. The van der Waals surface area contributed by atoms with Crippen molar-refractivity contribution in [3.05, 3.63) is 72.8 Å². The van der Waals surface area contributed by atoms with Crippen LogP contribution in [-0.2, 0) is 7.06 Å². The van der Waals surface area contributed by atoms with Crippen molar-refractivity contribution in [1.29, 1.82) is 0 Å². The second kappa shape index (κ2) is 12.4. The van der Waals surface area contributed by atoms with Crippen LogP contribution in [0.3, 0.4) is 0 Å². The summed E-state index contributed by atoms with van der Waals surface area (Å²) in [7, 11) is 0. The minimum absolute atomic E-state index is 0.372. The molecule has 4 heterocycles. The molecule has 4 saturated heterocycles. The molecule has 48 heavy (non-hydrogen) atoms. The van der Waals surface area contributed by atoms with Crippen molar-refractivity contribution in [1.82, 2.24) is 7.21 Å². The monoisotopic (exact) mass is 756 g/mol. The van der Waals surface area contributed by atoms with Crippen LogP contribution in [0.5, 0.6) is 11.5 Å². The Kier molecular flexibility index (Phi) is 7.99. The molecule has 0 bridgehead atoms. The Balaban J connectivity index is 0.986. The van der Waals surface area contributed by atoms with Crippen LogP contribution in [0.4, 0.5) is 0 Å². The van der Waals surface area contributed by atoms with E-state index < -0.39 is 34.4 Å². The first-order valence-corrected chi connectivity index (χ1v) is 25.0. The normalized spacial score (nSPS) is 33.2. The van der Waals surface area contributed by atoms with Gasteiger partial charge in [0.25, 0.3) is 0 Å². The van der Waals surface area contributed by atoms with E-state index in [0.29, 0.717) is 36.4 Å². The van der Waals surface area contributed by atoms with E-state index in [1.807, 2.05) is 0 Å². The van der Waals surface area contributed by atoms with Crippen LogP contribution in [0, 0.1) is 11.8 Å². The number of fused-ring (bicyclic) bond motifs is 2. The molecule has 0 spiro atoms. The molecule has 6 aliphatic rings. The molecule has 6 fully saturated rings. The van der Waals surface area contributed by atoms with Crippen LogP contribution in [0.1, 0.15) is 78.1 Å². The summed E-state index contributed by atoms with van der Waals surface area (Å²) in [5.41, 5.74) is 2.47. The van der Waals surface area contributed by atoms with Crippen LogP contribution in [-0.4, -0.2) is 78.0 Å². The fourth-order valence-electron chi connectivity index (χ4n) is 10.8. The summed E-state index contributed by atoms with van der Waals surface area (Å²) in [5.74, 6) is 3.54. The fourth-order valence-corrected chi connectivity index (χ4v) is 21.8. The number of nitrogens with zero attached hydrogens (tertiary/aromatic N) is 2. The molecule has 0 radical (unpaired) electrons. The molecule has 6 nitrogen and oxygen atoms in total. The van der Waals surface area contributed by atoms with Gasteiger partial charge in [-0.15, -0.1) is 0 Å². The predicted octanol–water partition coefficient (Wildman–Crippen LogP) is 8.49. The Morgan fingerprint density at radius 3 is 1.42 bits per heavy atom. The zero-order chi connectivity index (χ0) is 31.9. The molecule has 4 aromatic rings. The third-order valence-corrected chi connectivity index (χ3v) is 23.0. The van der Waals surface area contributed by atoms with Gasteiger partial charge in [0.2, 0.25) is 0 Å². The molecule has 8 atom stereocenters. The van der Waals surface area contributed by atoms with Gasteiger partial charge in [-0.3, -0.25) is 0 Å². The molecule has 2 aliphatic carbocycles. The van der Waals surface area contributed by atoms with Gasteiger partial charge in [-0.1, -0.05) is 0 Å². The van der Waals surface area contributed by atoms with E-state index in [0.717, 1.165) is 23.3 Å². The van der Waals surface area contributed by atoms with Crippen LogP contribution in [0.15, 0.2) is 72.8 Å². The van der Waals surface area contributed by atoms with Crippen molar-refractivity contribution in [2.45, 2.75) is 114 Å². The van der Waals surface area contributed by atoms with Crippen molar-refractivity contribution in [3.63, 3.8) is 0 Å². The Hall–Kier alpha value is -1.89. The van der Waals surface area contributed by atoms with Crippen molar-refractivity contribution >= 4 is 55.9 Å². The summed E-state index contributed by atoms with van der Waals surface area (Å²) in [6.45, 7) is 4.80. The standard InChI is InChI=1S/C20H14O2.2C10H17NO.2Ga/c21-19-11-9-15(13-5-1-3-7-17(13)19)16-10-12-20(22)18-8-4-2-6-14(16)18;2*1-7-5-6-8-3-2-4-9(12)10(8)11-7;;/h1-12,21-22H;2*7-10H,2-6H2,1H3;;/q;2*-2;2*+3/p-2. The van der Waals surface area contributed by atoms with Crippen LogP contribution in [0.2, 0.25) is 0 Å². The average molecular weight is 758 g/mol. The summed E-state index contributed by atoms with van der Waals surface area (Å²) < 4.78 is 33.3. The Morgan fingerprint density at radius 1 is 0.521 bits per heavy atom. The number of hydrogen-bond acceptors (Lipinski definition) is 6. The summed E-state index contributed by atoms with van der Waals surface area (Å²) in [6, 6.07) is 28.9. The van der Waals surface area contributed by atoms with Crippen LogP contribution in [0.25, 0.3) is 32.7 Å². The molecule has 2 saturated carbocycles. The second-order valence-electron chi connectivity index (χ2n) is 15.6. The van der Waals surface area contributed by atoms with E-state index in [2.05, 4.69) is 93.9 Å². The molecule has 0 N–H and O–H groups in total. The van der Waals surface area contributed by atoms with Gasteiger partial charge in [-0.2, -0.15) is 0 Å². The van der Waals surface area contributed by atoms with E-state index in [4.69, 9.17) is 14.1 Å². The summed E-state index contributed by atoms with van der Waals surface area (Å²) in [4.78, 5) is 0. The van der Waals surface area contributed by atoms with Crippen molar-refractivity contribution in [2.75, 3.05) is 0 Å². The first kappa shape index (κ1) is 30.9. The third-order valence-electron chi connectivity index (χ3n) is 13.1. The van der Waals surface area contributed by atoms with Gasteiger partial charge < -0.3 is 0 Å². The SMILES string of the molecule is CC1CCC2CCCC3[O][Ga]([O]c4ccc(-c5ccc([O][Ga]6[O]C7CCCC8CCC(C)[N]6C87)c6ccccc56)c5ccccc45)[N]1C23. The maximum atomic E-state index is 7.05. The molecule has 8 unspecified atom stereocenters. The van der Waals surface area contributed by atoms with E-state index in [-0.39, 0.29) is 0 Å². The first-order chi connectivity index (χ1) is 23.6. The molecule has 4 aromatic carbocycles. The quantitative estimate of drug-likeness (QED) is 0.191. The van der Waals surface area contributed by atoms with Crippen LogP contribution >= 0.6 is 0 Å². The molecule has 10 rings (SSSR count). The van der Waals surface area contributed by atoms with Crippen molar-refractivity contribution in [2.24, 2.45) is 11.8 Å². The Bertz CT molecular complexity index is 1720. The first-order valence-electron chi connectivity index (χ1n) is 18.9. The van der Waals surface area contributed by atoms with E-state index >= 15 is 0 Å². The third kappa shape index (κ3) is 5.00. The van der Waals surface area contributed by atoms with E-state index in [1.54, 1.807) is 0 Å². The molecule has 4 aliphatic heterocycles. The van der Waals surface area contributed by atoms with Gasteiger partial charge in [-0.25, -0.2) is 0 Å². The Morgan fingerprint density at radius 2 is 0.958 bits per heavy atom. The number of hydrogen-bond donors (Lipinski definition) is 0. The molecular weight excluding hydrogens is 712 g/mol. The summed E-state index contributed by atoms with van der Waals surface area (Å²) >= 11 is -5.32. The topological polar surface area (TPSA) is 43.4 Å². The minimum atomic E-state index is -2.66.